The molecule has 0 heterocycles. The molecule has 1 rings (SSSR count). The summed E-state index contributed by atoms with van der Waals surface area (Å²) in [7, 11) is 0. The van der Waals surface area contributed by atoms with Gasteiger partial charge < -0.3 is 15.8 Å². The summed E-state index contributed by atoms with van der Waals surface area (Å²) in [6.07, 6.45) is -0.176. The molecule has 0 bridgehead atoms. The number of carbonyl (C=O) groups excluding carboxylic acids is 1. The molecule has 0 fully saturated rings. The normalized spacial score (nSPS) is 10.1. The number of rotatable bonds is 3. The van der Waals surface area contributed by atoms with Gasteiger partial charge in [0.25, 0.3) is 0 Å². The molecule has 0 spiro atoms. The second-order valence-electron chi connectivity index (χ2n) is 3.64. The molecule has 0 aliphatic carbocycles. The van der Waals surface area contributed by atoms with Crippen molar-refractivity contribution in [3.05, 3.63) is 28.8 Å². The monoisotopic (exact) mass is 272 g/mol. The van der Waals surface area contributed by atoms with Crippen LogP contribution in [-0.4, -0.2) is 17.2 Å². The van der Waals surface area contributed by atoms with Gasteiger partial charge in [-0.25, -0.2) is 4.79 Å². The number of benzene rings is 1. The first kappa shape index (κ1) is 13.7. The Morgan fingerprint density at radius 2 is 2.18 bits per heavy atom. The van der Waals surface area contributed by atoms with Gasteiger partial charge in [-0.3, -0.25) is 0 Å². The molecule has 17 heavy (non-hydrogen) atoms. The lowest BCUT2D eigenvalue weighted by molar-refractivity contribution is 0.0378. The first-order valence-corrected chi connectivity index (χ1v) is 5.75. The van der Waals surface area contributed by atoms with Crippen LogP contribution < -0.4 is 11.1 Å². The molecule has 4 nitrogen and oxygen atoms in total. The number of anilines is 1. The molecular weight excluding hydrogens is 260 g/mol. The third kappa shape index (κ3) is 4.20. The van der Waals surface area contributed by atoms with E-state index in [1.807, 2.05) is 0 Å². The van der Waals surface area contributed by atoms with Crippen molar-refractivity contribution in [1.29, 1.82) is 0 Å². The molecule has 0 unspecified atom stereocenters. The number of thiocarbonyl (C=S) groups is 1. The first-order chi connectivity index (χ1) is 7.90. The van der Waals surface area contributed by atoms with Crippen molar-refractivity contribution in [2.75, 3.05) is 5.32 Å². The van der Waals surface area contributed by atoms with Crippen LogP contribution in [0.4, 0.5) is 5.69 Å². The molecule has 0 aliphatic rings. The van der Waals surface area contributed by atoms with Gasteiger partial charge in [0.1, 0.15) is 0 Å². The first-order valence-electron chi connectivity index (χ1n) is 4.97. The summed E-state index contributed by atoms with van der Waals surface area (Å²) >= 11 is 10.6. The molecule has 6 heteroatoms. The van der Waals surface area contributed by atoms with E-state index in [1.165, 1.54) is 0 Å². The summed E-state index contributed by atoms with van der Waals surface area (Å²) < 4.78 is 5.06. The average molecular weight is 273 g/mol. The van der Waals surface area contributed by atoms with Crippen LogP contribution in [0.15, 0.2) is 18.2 Å². The maximum absolute atomic E-state index is 11.6. The second-order valence-corrected chi connectivity index (χ2v) is 4.48. The van der Waals surface area contributed by atoms with Gasteiger partial charge in [0.2, 0.25) is 0 Å². The van der Waals surface area contributed by atoms with Crippen LogP contribution in [0.3, 0.4) is 0 Å². The van der Waals surface area contributed by atoms with Gasteiger partial charge >= 0.3 is 5.97 Å². The van der Waals surface area contributed by atoms with Crippen LogP contribution in [0, 0.1) is 0 Å². The maximum Gasteiger partial charge on any atom is 0.338 e. The number of nitrogens with one attached hydrogen (secondary N) is 1. The van der Waals surface area contributed by atoms with Gasteiger partial charge in [0, 0.05) is 0 Å². The van der Waals surface area contributed by atoms with Crippen molar-refractivity contribution < 1.29 is 9.53 Å². The minimum absolute atomic E-state index is 0.0845. The van der Waals surface area contributed by atoms with Gasteiger partial charge in [-0.15, -0.1) is 0 Å². The lowest BCUT2D eigenvalue weighted by Crippen LogP contribution is -2.19. The summed E-state index contributed by atoms with van der Waals surface area (Å²) in [5.74, 6) is -0.414. The summed E-state index contributed by atoms with van der Waals surface area (Å²) in [6, 6.07) is 4.71. The zero-order chi connectivity index (χ0) is 13.0. The minimum atomic E-state index is -0.414. The molecule has 0 saturated carbocycles. The van der Waals surface area contributed by atoms with Crippen molar-refractivity contribution in [3.63, 3.8) is 0 Å². The van der Waals surface area contributed by atoms with E-state index in [2.05, 4.69) is 5.32 Å². The fourth-order valence-electron chi connectivity index (χ4n) is 1.16. The maximum atomic E-state index is 11.6. The standard InChI is InChI=1S/C11H13ClN2O2S/c1-6(2)16-10(15)7-3-4-8(12)9(5-7)14-11(13)17/h3-6H,1-2H3,(H3,13,14,17). The van der Waals surface area contributed by atoms with Gasteiger partial charge in [-0.2, -0.15) is 0 Å². The Balaban J connectivity index is 2.95. The third-order valence-corrected chi connectivity index (χ3v) is 2.23. The molecule has 0 aliphatic heterocycles. The van der Waals surface area contributed by atoms with E-state index in [0.717, 1.165) is 0 Å². The lowest BCUT2D eigenvalue weighted by atomic mass is 10.2. The number of nitrogens with two attached hydrogens (primary N) is 1. The zero-order valence-electron chi connectivity index (χ0n) is 9.49. The third-order valence-electron chi connectivity index (χ3n) is 1.80. The van der Waals surface area contributed by atoms with Gasteiger partial charge in [-0.1, -0.05) is 11.6 Å². The highest BCUT2D eigenvalue weighted by Crippen LogP contribution is 2.23. The number of hydrogen-bond donors (Lipinski definition) is 2. The average Bonchev–Trinajstić information content (AvgIpc) is 2.19. The Labute approximate surface area is 110 Å². The molecule has 3 N–H and O–H groups in total. The van der Waals surface area contributed by atoms with Gasteiger partial charge in [0.15, 0.2) is 5.11 Å². The van der Waals surface area contributed by atoms with E-state index in [0.29, 0.717) is 16.3 Å². The van der Waals surface area contributed by atoms with E-state index in [-0.39, 0.29) is 11.2 Å². The Morgan fingerprint density at radius 1 is 1.53 bits per heavy atom. The largest absolute Gasteiger partial charge is 0.459 e. The summed E-state index contributed by atoms with van der Waals surface area (Å²) in [4.78, 5) is 11.6. The zero-order valence-corrected chi connectivity index (χ0v) is 11.1. The van der Waals surface area contributed by atoms with Gasteiger partial charge in [0.05, 0.1) is 22.4 Å². The van der Waals surface area contributed by atoms with Crippen LogP contribution in [0.1, 0.15) is 24.2 Å². The van der Waals surface area contributed by atoms with Crippen molar-refractivity contribution >= 4 is 40.6 Å². The number of hydrogen-bond acceptors (Lipinski definition) is 3. The van der Waals surface area contributed by atoms with Crippen LogP contribution >= 0.6 is 23.8 Å². The van der Waals surface area contributed by atoms with E-state index >= 15 is 0 Å². The van der Waals surface area contributed by atoms with Crippen LogP contribution in [0.2, 0.25) is 5.02 Å². The van der Waals surface area contributed by atoms with E-state index in [9.17, 15) is 4.79 Å². The predicted octanol–water partition coefficient (Wildman–Crippen LogP) is 2.56. The highest BCUT2D eigenvalue weighted by Gasteiger charge is 2.11. The molecule has 0 aromatic heterocycles. The highest BCUT2D eigenvalue weighted by atomic mass is 35.5. The Bertz CT molecular complexity index is 449. The molecule has 0 amide bonds. The Hall–Kier alpha value is -1.33. The molecule has 1 aromatic carbocycles. The minimum Gasteiger partial charge on any atom is -0.459 e. The second kappa shape index (κ2) is 5.84. The van der Waals surface area contributed by atoms with Crippen molar-refractivity contribution in [2.24, 2.45) is 5.73 Å². The van der Waals surface area contributed by atoms with Gasteiger partial charge in [-0.05, 0) is 44.3 Å². The number of ether oxygens (including phenoxy) is 1. The molecule has 0 radical (unpaired) electrons. The van der Waals surface area contributed by atoms with E-state index in [4.69, 9.17) is 34.3 Å². The fraction of sp³-hybridized carbons (Fsp3) is 0.273. The van der Waals surface area contributed by atoms with Crippen molar-refractivity contribution in [2.45, 2.75) is 20.0 Å². The number of esters is 1. The lowest BCUT2D eigenvalue weighted by Gasteiger charge is -2.10. The molecule has 92 valence electrons. The topological polar surface area (TPSA) is 64.3 Å². The molecule has 0 atom stereocenters. The fourth-order valence-corrected chi connectivity index (χ4v) is 1.44. The van der Waals surface area contributed by atoms with E-state index in [1.54, 1.807) is 32.0 Å². The quantitative estimate of drug-likeness (QED) is 0.654. The highest BCUT2D eigenvalue weighted by molar-refractivity contribution is 7.80. The Kier molecular flexibility index (Phi) is 4.72. The Morgan fingerprint density at radius 3 is 2.71 bits per heavy atom. The number of carbonyl (C=O) groups is 1. The molecule has 1 aromatic rings. The molecule has 0 saturated heterocycles. The van der Waals surface area contributed by atoms with Crippen LogP contribution in [-0.2, 0) is 4.74 Å². The molecular formula is C11H13ClN2O2S. The summed E-state index contributed by atoms with van der Waals surface area (Å²) in [6.45, 7) is 3.56. The van der Waals surface area contributed by atoms with Crippen LogP contribution in [0.25, 0.3) is 0 Å². The SMILES string of the molecule is CC(C)OC(=O)c1ccc(Cl)c(NC(N)=S)c1. The number of halogens is 1. The van der Waals surface area contributed by atoms with E-state index < -0.39 is 5.97 Å². The summed E-state index contributed by atoms with van der Waals surface area (Å²) in [5.41, 5.74) is 6.22. The van der Waals surface area contributed by atoms with Crippen molar-refractivity contribution in [1.82, 2.24) is 0 Å². The van der Waals surface area contributed by atoms with Crippen LogP contribution in [0.5, 0.6) is 0 Å². The smallest absolute Gasteiger partial charge is 0.338 e. The summed E-state index contributed by atoms with van der Waals surface area (Å²) in [5, 5.41) is 3.21. The predicted molar refractivity (Wildman–Crippen MR) is 72.4 cm³/mol. The van der Waals surface area contributed by atoms with Crippen molar-refractivity contribution in [3.8, 4) is 0 Å².